The second-order valence-electron chi connectivity index (χ2n) is 20.9. The molecule has 4 bridgehead atoms. The minimum Gasteiger partial charge on any atom is -0.489 e. The fourth-order valence-electron chi connectivity index (χ4n) is 10.0. The second kappa shape index (κ2) is 23.8. The van der Waals surface area contributed by atoms with Gasteiger partial charge in [0.25, 0.3) is 0 Å². The zero-order valence-corrected chi connectivity index (χ0v) is 44.5. The van der Waals surface area contributed by atoms with E-state index in [0.29, 0.717) is 60.1 Å². The number of fused-ring (bicyclic) bond motifs is 8. The molecule has 0 saturated carbocycles. The molecule has 79 heavy (non-hydrogen) atoms. The second-order valence-corrected chi connectivity index (χ2v) is 20.9. The molecule has 0 aliphatic carbocycles. The Balaban J connectivity index is 0.000000209. The monoisotopic (exact) mass is 1110 g/mol. The number of aromatic nitrogens is 4. The van der Waals surface area contributed by atoms with Crippen molar-refractivity contribution < 1.29 is 74.7 Å². The van der Waals surface area contributed by atoms with Gasteiger partial charge < -0.3 is 39.0 Å². The van der Waals surface area contributed by atoms with E-state index in [0.717, 1.165) is 46.2 Å². The maximum atomic E-state index is 13.6. The molecule has 3 fully saturated rings. The van der Waals surface area contributed by atoms with E-state index in [1.807, 2.05) is 13.8 Å². The van der Waals surface area contributed by atoms with E-state index in [4.69, 9.17) is 24.1 Å². The summed E-state index contributed by atoms with van der Waals surface area (Å²) >= 11 is 0. The number of ether oxygens (including phenoxy) is 4. The van der Waals surface area contributed by atoms with E-state index >= 15 is 0 Å². The first kappa shape index (κ1) is 58.3. The van der Waals surface area contributed by atoms with Crippen molar-refractivity contribution in [2.24, 2.45) is 11.8 Å². The van der Waals surface area contributed by atoms with Gasteiger partial charge >= 0.3 is 24.4 Å². The van der Waals surface area contributed by atoms with Crippen LogP contribution in [0, 0.1) is 25.7 Å². The summed E-state index contributed by atoms with van der Waals surface area (Å²) in [7, 11) is 0. The number of aryl methyl sites for hydroxylation is 2. The van der Waals surface area contributed by atoms with Gasteiger partial charge in [-0.2, -0.15) is 26.3 Å². The zero-order valence-electron chi connectivity index (χ0n) is 44.5. The summed E-state index contributed by atoms with van der Waals surface area (Å²) in [5.74, 6) is -3.91. The molecule has 4 aromatic rings. The molecule has 5 aliphatic heterocycles. The number of hydrogen-bond acceptors (Lipinski definition) is 16. The van der Waals surface area contributed by atoms with E-state index in [1.54, 1.807) is 32.0 Å². The highest BCUT2D eigenvalue weighted by atomic mass is 19.4. The normalized spacial score (nSPS) is 20.4. The molecular formula is C53H64F6N10O10. The van der Waals surface area contributed by atoms with Crippen LogP contribution < -0.4 is 39.7 Å². The summed E-state index contributed by atoms with van der Waals surface area (Å²) in [6, 6.07) is 7.85. The summed E-state index contributed by atoms with van der Waals surface area (Å²) in [4.78, 5) is 77.2. The third-order valence-corrected chi connectivity index (χ3v) is 14.2. The van der Waals surface area contributed by atoms with Gasteiger partial charge in [-0.25, -0.2) is 29.5 Å². The molecule has 0 unspecified atom stereocenters. The Morgan fingerprint density at radius 1 is 0.747 bits per heavy atom. The summed E-state index contributed by atoms with van der Waals surface area (Å²) in [6.07, 6.45) is -5.73. The largest absolute Gasteiger partial charge is 0.489 e. The predicted octanol–water partition coefficient (Wildman–Crippen LogP) is 8.42. The molecule has 9 rings (SSSR count). The number of aliphatic hydroxyl groups excluding tert-OH is 2. The van der Waals surface area contributed by atoms with Gasteiger partial charge in [0.15, 0.2) is 29.0 Å². The number of nitrogens with one attached hydrogen (secondary N) is 2. The number of rotatable bonds is 15. The number of carbonyl (C=O) groups is 4. The third kappa shape index (κ3) is 13.9. The molecule has 5 aliphatic rings. The highest BCUT2D eigenvalue weighted by Gasteiger charge is 2.44. The van der Waals surface area contributed by atoms with Gasteiger partial charge in [0.1, 0.15) is 59.9 Å². The average molecular weight is 1120 g/mol. The molecule has 4 amide bonds. The SMILES string of the molecule is Cc1cc(C(=O)C[C@H](C)C(F)(F)F)nc2c1N1CCC[C@@H](C1)N2C(=O)Nc1ccc(OC[C@@H](O)CO)cn1.Cc1cc(C(=O)C[C@H](C)C(F)(F)F)nc2c1N1CCC[C@@H](C1)N2C(=O)Nc1ccc(OC[C@@H]2COC(C)(C)O2)cn1. The van der Waals surface area contributed by atoms with Crippen LogP contribution in [0.15, 0.2) is 48.8 Å². The van der Waals surface area contributed by atoms with Crippen LogP contribution in [0.1, 0.15) is 98.3 Å². The van der Waals surface area contributed by atoms with Gasteiger partial charge in [-0.15, -0.1) is 0 Å². The number of piperidine rings is 2. The molecule has 4 N–H and O–H groups in total. The Kier molecular flexibility index (Phi) is 17.6. The molecule has 6 atom stereocenters. The van der Waals surface area contributed by atoms with Crippen LogP contribution in [-0.4, -0.2) is 149 Å². The van der Waals surface area contributed by atoms with Crippen LogP contribution >= 0.6 is 0 Å². The number of alkyl halides is 6. The van der Waals surface area contributed by atoms with Crippen molar-refractivity contribution in [2.45, 2.75) is 122 Å². The Morgan fingerprint density at radius 3 is 1.59 bits per heavy atom. The average Bonchev–Trinajstić information content (AvgIpc) is 3.89. The van der Waals surface area contributed by atoms with Crippen molar-refractivity contribution in [3.8, 4) is 11.5 Å². The van der Waals surface area contributed by atoms with E-state index in [9.17, 15) is 50.6 Å². The highest BCUT2D eigenvalue weighted by Crippen LogP contribution is 2.43. The first-order valence-electron chi connectivity index (χ1n) is 26.0. The van der Waals surface area contributed by atoms with Crippen LogP contribution in [-0.2, 0) is 9.47 Å². The molecule has 9 heterocycles. The van der Waals surface area contributed by atoms with Gasteiger partial charge in [-0.05, 0) is 101 Å². The van der Waals surface area contributed by atoms with Crippen LogP contribution in [0.25, 0.3) is 0 Å². The lowest BCUT2D eigenvalue weighted by atomic mass is 9.96. The van der Waals surface area contributed by atoms with Crippen LogP contribution in [0.3, 0.4) is 0 Å². The van der Waals surface area contributed by atoms with Crippen LogP contribution in [0.2, 0.25) is 0 Å². The molecule has 0 radical (unpaired) electrons. The topological polar surface area (TPSA) is 234 Å². The standard InChI is InChI=1S/C28H34F3N5O5.C25H30F3N5O5/c1-16-10-21(22(37)11-17(2)28(29,30)31)33-25-24(16)35-9-5-6-18(13-35)36(25)26(38)34-23-8-7-19(12-32-23)39-14-20-15-40-27(3,4)41-20;1-14-8-19(20(36)9-15(2)25(26,27)28)30-23-22(14)32-7-3-4-16(11-32)33(23)24(37)31-21-6-5-18(10-29-21)38-13-17(35)12-34/h7-8,10,12,17-18,20H,5-6,9,11,13-15H2,1-4H3,(H,32,34,38);5-6,8,10,15-17,34-35H,3-4,7,9,11-13H2,1-2H3,(H,29,31,37)/t17-,18-,20+;15-,16-,17-/m00/s1. The molecule has 3 saturated heterocycles. The van der Waals surface area contributed by atoms with Crippen molar-refractivity contribution >= 4 is 58.3 Å². The van der Waals surface area contributed by atoms with Crippen molar-refractivity contribution in [3.05, 3.63) is 71.3 Å². The van der Waals surface area contributed by atoms with Gasteiger partial charge in [0.2, 0.25) is 0 Å². The van der Waals surface area contributed by atoms with Gasteiger partial charge in [0.05, 0.1) is 60.9 Å². The number of urea groups is 2. The number of pyridine rings is 4. The molecule has 26 heteroatoms. The molecule has 0 aromatic carbocycles. The van der Waals surface area contributed by atoms with Crippen LogP contribution in [0.4, 0.5) is 70.6 Å². The van der Waals surface area contributed by atoms with E-state index in [2.05, 4.69) is 40.4 Å². The van der Waals surface area contributed by atoms with E-state index < -0.39 is 79.2 Å². The Bertz CT molecular complexity index is 2860. The van der Waals surface area contributed by atoms with Crippen molar-refractivity contribution in [1.82, 2.24) is 19.9 Å². The molecule has 0 spiro atoms. The number of carbonyl (C=O) groups excluding carboxylic acids is 4. The van der Waals surface area contributed by atoms with Gasteiger partial charge in [-0.3, -0.25) is 30.0 Å². The van der Waals surface area contributed by atoms with Crippen molar-refractivity contribution in [2.75, 3.05) is 82.8 Å². The van der Waals surface area contributed by atoms with Gasteiger partial charge in [-0.1, -0.05) is 13.8 Å². The number of nitrogens with zero attached hydrogens (tertiary/aromatic N) is 8. The lowest BCUT2D eigenvalue weighted by Crippen LogP contribution is -2.56. The molecule has 428 valence electrons. The number of Topliss-reactive ketones (excluding diaryl/α,β-unsaturated/α-hetero) is 2. The minimum absolute atomic E-state index is 0.0871. The smallest absolute Gasteiger partial charge is 0.391 e. The quantitative estimate of drug-likeness (QED) is 0.0646. The maximum absolute atomic E-state index is 13.6. The minimum atomic E-state index is -4.50. The summed E-state index contributed by atoms with van der Waals surface area (Å²) < 4.78 is 101. The first-order valence-corrected chi connectivity index (χ1v) is 26.0. The van der Waals surface area contributed by atoms with Crippen molar-refractivity contribution in [1.29, 1.82) is 0 Å². The zero-order chi connectivity index (χ0) is 57.1. The molecular weight excluding hydrogens is 1050 g/mol. The lowest BCUT2D eigenvalue weighted by molar-refractivity contribution is -0.169. The number of ketones is 2. The van der Waals surface area contributed by atoms with Crippen LogP contribution in [0.5, 0.6) is 11.5 Å². The number of anilines is 6. The summed E-state index contributed by atoms with van der Waals surface area (Å²) in [5.41, 5.74) is 2.51. The van der Waals surface area contributed by atoms with Crippen molar-refractivity contribution in [3.63, 3.8) is 0 Å². The summed E-state index contributed by atoms with van der Waals surface area (Å²) in [6.45, 7) is 11.9. The third-order valence-electron chi connectivity index (χ3n) is 14.2. The summed E-state index contributed by atoms with van der Waals surface area (Å²) in [5, 5.41) is 23.8. The Morgan fingerprint density at radius 2 is 1.20 bits per heavy atom. The Labute approximate surface area is 451 Å². The number of hydrogen-bond donors (Lipinski definition) is 4. The molecule has 20 nitrogen and oxygen atoms in total. The first-order chi connectivity index (χ1) is 37.3. The molecule has 4 aromatic heterocycles. The fraction of sp³-hybridized carbons (Fsp3) is 0.547. The maximum Gasteiger partial charge on any atom is 0.391 e. The van der Waals surface area contributed by atoms with Gasteiger partial charge in [0, 0.05) is 39.0 Å². The fourth-order valence-corrected chi connectivity index (χ4v) is 10.0. The Hall–Kier alpha value is -6.90. The van der Waals surface area contributed by atoms with E-state index in [1.165, 1.54) is 40.4 Å². The highest BCUT2D eigenvalue weighted by molar-refractivity contribution is 6.06. The van der Waals surface area contributed by atoms with E-state index in [-0.39, 0.29) is 66.1 Å². The predicted molar refractivity (Wildman–Crippen MR) is 277 cm³/mol. The number of aliphatic hydroxyl groups is 2. The number of amides is 4. The lowest BCUT2D eigenvalue weighted by Gasteiger charge is -2.46. The number of halogens is 6.